The molecule has 4 rings (SSSR count). The number of thiophene rings is 1. The van der Waals surface area contributed by atoms with Gasteiger partial charge in [-0.25, -0.2) is 4.39 Å². The number of carbonyl (C=O) groups excluding carboxylic acids is 1. The Kier molecular flexibility index (Phi) is 5.14. The average molecular weight is 402 g/mol. The quantitative estimate of drug-likeness (QED) is 0.609. The monoisotopic (exact) mass is 401 g/mol. The molecule has 0 aliphatic carbocycles. The van der Waals surface area contributed by atoms with Crippen LogP contribution < -0.4 is 4.74 Å². The average Bonchev–Trinajstić information content (AvgIpc) is 3.15. The van der Waals surface area contributed by atoms with E-state index >= 15 is 0 Å². The molecular weight excluding hydrogens is 385 g/mol. The van der Waals surface area contributed by atoms with Crippen molar-refractivity contribution in [3.63, 3.8) is 0 Å². The van der Waals surface area contributed by atoms with Crippen molar-refractivity contribution in [2.24, 2.45) is 0 Å². The Bertz CT molecular complexity index is 960. The van der Waals surface area contributed by atoms with Crippen LogP contribution in [-0.4, -0.2) is 24.0 Å². The van der Waals surface area contributed by atoms with Gasteiger partial charge in [-0.3, -0.25) is 4.79 Å². The summed E-state index contributed by atoms with van der Waals surface area (Å²) < 4.78 is 18.7. The van der Waals surface area contributed by atoms with Gasteiger partial charge >= 0.3 is 0 Å². The van der Waals surface area contributed by atoms with Crippen molar-refractivity contribution < 1.29 is 13.9 Å². The van der Waals surface area contributed by atoms with Gasteiger partial charge in [0.05, 0.1) is 11.1 Å². The number of carbonyl (C=O) groups is 1. The van der Waals surface area contributed by atoms with Crippen LogP contribution in [-0.2, 0) is 11.2 Å². The molecule has 6 heteroatoms. The second-order valence-electron chi connectivity index (χ2n) is 6.31. The molecule has 1 atom stereocenters. The second-order valence-corrected chi connectivity index (χ2v) is 7.72. The van der Waals surface area contributed by atoms with Gasteiger partial charge in [-0.15, -0.1) is 11.3 Å². The Hall–Kier alpha value is -2.37. The van der Waals surface area contributed by atoms with Crippen molar-refractivity contribution in [1.82, 2.24) is 4.90 Å². The zero-order valence-corrected chi connectivity index (χ0v) is 16.0. The Balaban J connectivity index is 1.57. The number of hydrogen-bond acceptors (Lipinski definition) is 3. The maximum atomic E-state index is 13.2. The molecule has 1 aromatic heterocycles. The number of fused-ring (bicyclic) bond motifs is 1. The fraction of sp³-hybridized carbons (Fsp3) is 0.190. The zero-order chi connectivity index (χ0) is 18.8. The van der Waals surface area contributed by atoms with Gasteiger partial charge in [0, 0.05) is 11.4 Å². The van der Waals surface area contributed by atoms with Crippen LogP contribution in [0.2, 0.25) is 5.02 Å². The van der Waals surface area contributed by atoms with E-state index in [4.69, 9.17) is 16.3 Å². The van der Waals surface area contributed by atoms with E-state index in [9.17, 15) is 9.18 Å². The minimum absolute atomic E-state index is 0.124. The van der Waals surface area contributed by atoms with Gasteiger partial charge in [-0.05, 0) is 47.2 Å². The summed E-state index contributed by atoms with van der Waals surface area (Å²) in [5, 5.41) is 2.23. The van der Waals surface area contributed by atoms with Crippen LogP contribution in [0.5, 0.6) is 5.75 Å². The van der Waals surface area contributed by atoms with Crippen LogP contribution in [0.1, 0.15) is 22.0 Å². The van der Waals surface area contributed by atoms with Crippen molar-refractivity contribution in [3.8, 4) is 5.75 Å². The van der Waals surface area contributed by atoms with E-state index in [-0.39, 0.29) is 23.6 Å². The molecule has 2 aromatic carbocycles. The first-order chi connectivity index (χ1) is 13.1. The molecule has 0 bridgehead atoms. The van der Waals surface area contributed by atoms with Crippen molar-refractivity contribution in [3.05, 3.63) is 86.8 Å². The highest BCUT2D eigenvalue weighted by atomic mass is 35.5. The standard InChI is InChI=1S/C21H17ClFNO2S/c22-17-12-15(23)6-7-18(17)26-13-20(25)24-10-8-19-16(9-11-27-19)21(24)14-4-2-1-3-5-14/h1-7,9,11-12,21H,8,10,13H2/t21-/m1/s1. The SMILES string of the molecule is O=C(COc1ccc(F)cc1Cl)N1CCc2sccc2[C@H]1c1ccccc1. The van der Waals surface area contributed by atoms with E-state index < -0.39 is 5.82 Å². The number of ether oxygens (including phenoxy) is 1. The maximum absolute atomic E-state index is 13.2. The molecule has 3 aromatic rings. The summed E-state index contributed by atoms with van der Waals surface area (Å²) in [4.78, 5) is 16.1. The van der Waals surface area contributed by atoms with E-state index in [2.05, 4.69) is 11.4 Å². The van der Waals surface area contributed by atoms with Crippen molar-refractivity contribution in [1.29, 1.82) is 0 Å². The Morgan fingerprint density at radius 1 is 1.22 bits per heavy atom. The fourth-order valence-electron chi connectivity index (χ4n) is 3.39. The zero-order valence-electron chi connectivity index (χ0n) is 14.4. The molecule has 0 spiro atoms. The summed E-state index contributed by atoms with van der Waals surface area (Å²) in [6, 6.07) is 15.8. The molecule has 27 heavy (non-hydrogen) atoms. The van der Waals surface area contributed by atoms with Gasteiger partial charge < -0.3 is 9.64 Å². The lowest BCUT2D eigenvalue weighted by Crippen LogP contribution is -2.42. The van der Waals surface area contributed by atoms with Crippen LogP contribution in [0.3, 0.4) is 0 Å². The van der Waals surface area contributed by atoms with Gasteiger partial charge in [0.1, 0.15) is 11.6 Å². The number of rotatable bonds is 4. The Morgan fingerprint density at radius 2 is 2.04 bits per heavy atom. The molecule has 1 aliphatic heterocycles. The molecule has 2 heterocycles. The molecule has 3 nitrogen and oxygen atoms in total. The molecule has 0 fully saturated rings. The fourth-order valence-corrected chi connectivity index (χ4v) is 4.52. The Morgan fingerprint density at radius 3 is 2.81 bits per heavy atom. The molecule has 0 radical (unpaired) electrons. The third-order valence-electron chi connectivity index (χ3n) is 4.65. The third kappa shape index (κ3) is 3.70. The first kappa shape index (κ1) is 18.0. The summed E-state index contributed by atoms with van der Waals surface area (Å²) >= 11 is 7.72. The van der Waals surface area contributed by atoms with Crippen LogP contribution >= 0.6 is 22.9 Å². The molecule has 1 aliphatic rings. The highest BCUT2D eigenvalue weighted by molar-refractivity contribution is 7.10. The van der Waals surface area contributed by atoms with Gasteiger partial charge in [-0.1, -0.05) is 41.9 Å². The molecule has 0 N–H and O–H groups in total. The molecule has 0 saturated heterocycles. The van der Waals surface area contributed by atoms with E-state index in [0.29, 0.717) is 12.3 Å². The highest BCUT2D eigenvalue weighted by Crippen LogP contribution is 2.37. The number of amides is 1. The summed E-state index contributed by atoms with van der Waals surface area (Å²) in [6.07, 6.45) is 0.833. The normalized spacial score (nSPS) is 16.1. The lowest BCUT2D eigenvalue weighted by molar-refractivity contribution is -0.135. The minimum Gasteiger partial charge on any atom is -0.482 e. The number of hydrogen-bond donors (Lipinski definition) is 0. The third-order valence-corrected chi connectivity index (χ3v) is 5.94. The van der Waals surface area contributed by atoms with Crippen LogP contribution in [0.4, 0.5) is 4.39 Å². The van der Waals surface area contributed by atoms with E-state index in [0.717, 1.165) is 12.0 Å². The first-order valence-corrected chi connectivity index (χ1v) is 9.88. The number of halogens is 2. The molecular formula is C21H17ClFNO2S. The molecule has 138 valence electrons. The summed E-state index contributed by atoms with van der Waals surface area (Å²) in [5.41, 5.74) is 2.25. The van der Waals surface area contributed by atoms with Gasteiger partial charge in [0.2, 0.25) is 0 Å². The highest BCUT2D eigenvalue weighted by Gasteiger charge is 2.32. The topological polar surface area (TPSA) is 29.5 Å². The van der Waals surface area contributed by atoms with Crippen LogP contribution in [0.15, 0.2) is 60.0 Å². The van der Waals surface area contributed by atoms with Gasteiger partial charge in [-0.2, -0.15) is 0 Å². The first-order valence-electron chi connectivity index (χ1n) is 8.62. The smallest absolute Gasteiger partial charge is 0.261 e. The summed E-state index contributed by atoms with van der Waals surface area (Å²) in [5.74, 6) is -0.263. The molecule has 0 unspecified atom stereocenters. The largest absolute Gasteiger partial charge is 0.482 e. The minimum atomic E-state index is -0.441. The second kappa shape index (κ2) is 7.71. The van der Waals surface area contributed by atoms with E-state index in [1.165, 1.54) is 28.6 Å². The predicted octanol–water partition coefficient (Wildman–Crippen LogP) is 5.09. The van der Waals surface area contributed by atoms with E-state index in [1.807, 2.05) is 35.2 Å². The van der Waals surface area contributed by atoms with E-state index in [1.54, 1.807) is 11.3 Å². The van der Waals surface area contributed by atoms with Crippen LogP contribution in [0.25, 0.3) is 0 Å². The summed E-state index contributed by atoms with van der Waals surface area (Å²) in [7, 11) is 0. The number of nitrogens with zero attached hydrogens (tertiary/aromatic N) is 1. The van der Waals surface area contributed by atoms with Crippen LogP contribution in [0, 0.1) is 5.82 Å². The lowest BCUT2D eigenvalue weighted by atomic mass is 9.93. The Labute approximate surface area is 166 Å². The van der Waals surface area contributed by atoms with Crippen molar-refractivity contribution in [2.45, 2.75) is 12.5 Å². The lowest BCUT2D eigenvalue weighted by Gasteiger charge is -2.36. The van der Waals surface area contributed by atoms with Crippen molar-refractivity contribution in [2.75, 3.05) is 13.2 Å². The summed E-state index contributed by atoms with van der Waals surface area (Å²) in [6.45, 7) is 0.487. The molecule has 1 amide bonds. The van der Waals surface area contributed by atoms with Gasteiger partial charge in [0.15, 0.2) is 6.61 Å². The van der Waals surface area contributed by atoms with Gasteiger partial charge in [0.25, 0.3) is 5.91 Å². The number of benzene rings is 2. The maximum Gasteiger partial charge on any atom is 0.261 e. The van der Waals surface area contributed by atoms with Crippen molar-refractivity contribution >= 4 is 28.8 Å². The molecule has 0 saturated carbocycles. The predicted molar refractivity (Wildman–Crippen MR) is 105 cm³/mol.